The summed E-state index contributed by atoms with van der Waals surface area (Å²) in [6.45, 7) is 1.89. The number of fused-ring (bicyclic) bond motifs is 1. The van der Waals surface area contributed by atoms with Gasteiger partial charge in [-0.25, -0.2) is 4.98 Å². The van der Waals surface area contributed by atoms with Gasteiger partial charge in [0.1, 0.15) is 11.9 Å². The summed E-state index contributed by atoms with van der Waals surface area (Å²) in [5.41, 5.74) is 1.87. The van der Waals surface area contributed by atoms with Crippen LogP contribution in [0, 0.1) is 0 Å². The highest BCUT2D eigenvalue weighted by atomic mass is 16.5. The molecular formula is C12H18N2O2. The van der Waals surface area contributed by atoms with Crippen molar-refractivity contribution < 1.29 is 4.74 Å². The largest absolute Gasteiger partial charge is 0.374 e. The maximum atomic E-state index is 11.9. The lowest BCUT2D eigenvalue weighted by Gasteiger charge is -2.11. The Hall–Kier alpha value is -1.16. The van der Waals surface area contributed by atoms with Crippen LogP contribution in [0.25, 0.3) is 0 Å². The predicted octanol–water partition coefficient (Wildman–Crippen LogP) is 1.75. The van der Waals surface area contributed by atoms with Gasteiger partial charge in [0, 0.05) is 12.7 Å². The molecule has 0 spiro atoms. The molecule has 0 aromatic carbocycles. The van der Waals surface area contributed by atoms with Crippen LogP contribution in [0.4, 0.5) is 0 Å². The van der Waals surface area contributed by atoms with Crippen molar-refractivity contribution in [3.63, 3.8) is 0 Å². The molecule has 1 N–H and O–H groups in total. The molecule has 2 rings (SSSR count). The van der Waals surface area contributed by atoms with E-state index in [-0.39, 0.29) is 11.7 Å². The first kappa shape index (κ1) is 11.3. The third-order valence-corrected chi connectivity index (χ3v) is 3.20. The van der Waals surface area contributed by atoms with Gasteiger partial charge in [-0.15, -0.1) is 0 Å². The summed E-state index contributed by atoms with van der Waals surface area (Å²) in [5.74, 6) is 0.646. The zero-order valence-corrected chi connectivity index (χ0v) is 9.88. The summed E-state index contributed by atoms with van der Waals surface area (Å²) in [6.07, 6.45) is 5.04. The summed E-state index contributed by atoms with van der Waals surface area (Å²) >= 11 is 0. The van der Waals surface area contributed by atoms with Crippen molar-refractivity contribution in [3.05, 3.63) is 27.4 Å². The molecule has 1 unspecified atom stereocenters. The topological polar surface area (TPSA) is 55.0 Å². The molecule has 16 heavy (non-hydrogen) atoms. The lowest BCUT2D eigenvalue weighted by Crippen LogP contribution is -2.21. The van der Waals surface area contributed by atoms with Gasteiger partial charge in [0.2, 0.25) is 0 Å². The van der Waals surface area contributed by atoms with E-state index in [1.807, 2.05) is 6.92 Å². The standard InChI is InChI=1S/C12H18N2O2/c1-8(16-2)11-13-10-7-5-3-4-6-9(10)12(15)14-11/h8H,3-7H2,1-2H3,(H,13,14,15). The summed E-state index contributed by atoms with van der Waals surface area (Å²) in [4.78, 5) is 19.3. The highest BCUT2D eigenvalue weighted by Gasteiger charge is 2.16. The Morgan fingerprint density at radius 1 is 1.31 bits per heavy atom. The number of aryl methyl sites for hydroxylation is 1. The summed E-state index contributed by atoms with van der Waals surface area (Å²) in [7, 11) is 1.62. The van der Waals surface area contributed by atoms with Crippen molar-refractivity contribution in [2.45, 2.75) is 45.1 Å². The molecule has 0 aliphatic heterocycles. The highest BCUT2D eigenvalue weighted by Crippen LogP contribution is 2.17. The molecule has 4 heteroatoms. The second-order valence-corrected chi connectivity index (χ2v) is 4.32. The van der Waals surface area contributed by atoms with Gasteiger partial charge in [0.05, 0.1) is 5.69 Å². The Balaban J connectivity index is 2.43. The van der Waals surface area contributed by atoms with Crippen LogP contribution in [0.2, 0.25) is 0 Å². The van der Waals surface area contributed by atoms with E-state index in [4.69, 9.17) is 4.74 Å². The van der Waals surface area contributed by atoms with E-state index in [2.05, 4.69) is 9.97 Å². The fourth-order valence-corrected chi connectivity index (χ4v) is 2.10. The van der Waals surface area contributed by atoms with Crippen molar-refractivity contribution in [2.24, 2.45) is 0 Å². The first-order chi connectivity index (χ1) is 7.72. The van der Waals surface area contributed by atoms with Crippen LogP contribution in [0.1, 0.15) is 49.4 Å². The molecule has 1 atom stereocenters. The van der Waals surface area contributed by atoms with E-state index < -0.39 is 0 Å². The lowest BCUT2D eigenvalue weighted by molar-refractivity contribution is 0.111. The van der Waals surface area contributed by atoms with Crippen molar-refractivity contribution >= 4 is 0 Å². The minimum atomic E-state index is -0.152. The first-order valence-electron chi connectivity index (χ1n) is 5.87. The zero-order chi connectivity index (χ0) is 11.5. The van der Waals surface area contributed by atoms with E-state index in [0.717, 1.165) is 36.9 Å². The van der Waals surface area contributed by atoms with Crippen LogP contribution in [0.5, 0.6) is 0 Å². The normalized spacial score (nSPS) is 17.6. The fourth-order valence-electron chi connectivity index (χ4n) is 2.10. The second-order valence-electron chi connectivity index (χ2n) is 4.32. The molecule has 0 fully saturated rings. The fraction of sp³-hybridized carbons (Fsp3) is 0.667. The molecule has 1 aliphatic carbocycles. The van der Waals surface area contributed by atoms with Gasteiger partial charge in [-0.05, 0) is 32.6 Å². The van der Waals surface area contributed by atoms with Gasteiger partial charge in [0.15, 0.2) is 0 Å². The Morgan fingerprint density at radius 3 is 2.81 bits per heavy atom. The van der Waals surface area contributed by atoms with E-state index >= 15 is 0 Å². The van der Waals surface area contributed by atoms with Gasteiger partial charge in [-0.2, -0.15) is 0 Å². The first-order valence-corrected chi connectivity index (χ1v) is 5.87. The zero-order valence-electron chi connectivity index (χ0n) is 9.88. The quantitative estimate of drug-likeness (QED) is 0.775. The number of nitrogens with one attached hydrogen (secondary N) is 1. The minimum absolute atomic E-state index is 0.0193. The molecule has 0 radical (unpaired) electrons. The van der Waals surface area contributed by atoms with Crippen molar-refractivity contribution in [2.75, 3.05) is 7.11 Å². The highest BCUT2D eigenvalue weighted by molar-refractivity contribution is 5.20. The predicted molar refractivity (Wildman–Crippen MR) is 61.5 cm³/mol. The molecule has 4 nitrogen and oxygen atoms in total. The molecule has 0 amide bonds. The molecule has 0 saturated carbocycles. The Morgan fingerprint density at radius 2 is 2.06 bits per heavy atom. The number of ether oxygens (including phenoxy) is 1. The molecular weight excluding hydrogens is 204 g/mol. The van der Waals surface area contributed by atoms with Gasteiger partial charge in [-0.3, -0.25) is 4.79 Å². The van der Waals surface area contributed by atoms with Crippen LogP contribution in [0.15, 0.2) is 4.79 Å². The number of nitrogens with zero attached hydrogens (tertiary/aromatic N) is 1. The molecule has 1 aromatic rings. The number of methoxy groups -OCH3 is 1. The van der Waals surface area contributed by atoms with Crippen molar-refractivity contribution in [3.8, 4) is 0 Å². The third kappa shape index (κ3) is 2.16. The average molecular weight is 222 g/mol. The molecule has 1 heterocycles. The average Bonchev–Trinajstić information content (AvgIpc) is 2.53. The van der Waals surface area contributed by atoms with E-state index in [0.29, 0.717) is 5.82 Å². The van der Waals surface area contributed by atoms with Gasteiger partial charge >= 0.3 is 0 Å². The van der Waals surface area contributed by atoms with Crippen LogP contribution in [-0.2, 0) is 17.6 Å². The van der Waals surface area contributed by atoms with E-state index in [1.54, 1.807) is 7.11 Å². The molecule has 88 valence electrons. The third-order valence-electron chi connectivity index (χ3n) is 3.20. The van der Waals surface area contributed by atoms with Gasteiger partial charge < -0.3 is 9.72 Å². The van der Waals surface area contributed by atoms with Gasteiger partial charge in [0.25, 0.3) is 5.56 Å². The van der Waals surface area contributed by atoms with Gasteiger partial charge in [-0.1, -0.05) is 6.42 Å². The van der Waals surface area contributed by atoms with Crippen LogP contribution in [-0.4, -0.2) is 17.1 Å². The Kier molecular flexibility index (Phi) is 3.39. The number of rotatable bonds is 2. The molecule has 0 saturated heterocycles. The maximum Gasteiger partial charge on any atom is 0.254 e. The minimum Gasteiger partial charge on any atom is -0.374 e. The number of aromatic nitrogens is 2. The molecule has 1 aromatic heterocycles. The van der Waals surface area contributed by atoms with Crippen molar-refractivity contribution in [1.82, 2.24) is 9.97 Å². The maximum absolute atomic E-state index is 11.9. The number of hydrogen-bond acceptors (Lipinski definition) is 3. The second kappa shape index (κ2) is 4.78. The lowest BCUT2D eigenvalue weighted by atomic mass is 10.1. The number of H-pyrrole nitrogens is 1. The van der Waals surface area contributed by atoms with E-state index in [9.17, 15) is 4.79 Å². The van der Waals surface area contributed by atoms with Crippen LogP contribution >= 0.6 is 0 Å². The Bertz CT molecular complexity index is 426. The van der Waals surface area contributed by atoms with Crippen molar-refractivity contribution in [1.29, 1.82) is 0 Å². The number of aromatic amines is 1. The smallest absolute Gasteiger partial charge is 0.254 e. The Labute approximate surface area is 95.1 Å². The SMILES string of the molecule is COC(C)c1nc2c(c(=O)[nH]1)CCCCC2. The van der Waals surface area contributed by atoms with Crippen LogP contribution in [0.3, 0.4) is 0 Å². The van der Waals surface area contributed by atoms with Crippen LogP contribution < -0.4 is 5.56 Å². The van der Waals surface area contributed by atoms with E-state index in [1.165, 1.54) is 6.42 Å². The molecule has 0 bridgehead atoms. The summed E-state index contributed by atoms with van der Waals surface area (Å²) in [5, 5.41) is 0. The monoisotopic (exact) mass is 222 g/mol. The summed E-state index contributed by atoms with van der Waals surface area (Å²) < 4.78 is 5.18. The summed E-state index contributed by atoms with van der Waals surface area (Å²) in [6, 6.07) is 0. The molecule has 1 aliphatic rings. The number of hydrogen-bond donors (Lipinski definition) is 1.